The second-order valence-corrected chi connectivity index (χ2v) is 5.14. The summed E-state index contributed by atoms with van der Waals surface area (Å²) in [7, 11) is 2.06. The van der Waals surface area contributed by atoms with Crippen molar-refractivity contribution in [1.29, 1.82) is 0 Å². The number of benzene rings is 1. The molecule has 2 rings (SSSR count). The van der Waals surface area contributed by atoms with Crippen LogP contribution in [0.15, 0.2) is 24.3 Å². The monoisotopic (exact) mass is 236 g/mol. The Kier molecular flexibility index (Phi) is 4.00. The first-order chi connectivity index (χ1) is 8.15. The van der Waals surface area contributed by atoms with Crippen LogP contribution in [0, 0.1) is 11.7 Å². The van der Waals surface area contributed by atoms with Crippen molar-refractivity contribution in [3.63, 3.8) is 0 Å². The van der Waals surface area contributed by atoms with Crippen molar-refractivity contribution >= 4 is 5.69 Å². The lowest BCUT2D eigenvalue weighted by atomic mass is 10.1. The summed E-state index contributed by atoms with van der Waals surface area (Å²) in [5.41, 5.74) is 1.07. The molecule has 1 aliphatic rings. The van der Waals surface area contributed by atoms with Gasteiger partial charge in [0.2, 0.25) is 0 Å². The zero-order valence-electron chi connectivity index (χ0n) is 10.6. The van der Waals surface area contributed by atoms with Gasteiger partial charge in [-0.05, 0) is 49.6 Å². The lowest BCUT2D eigenvalue weighted by Crippen LogP contribution is -2.31. The summed E-state index contributed by atoms with van der Waals surface area (Å²) in [6, 6.07) is 7.46. The summed E-state index contributed by atoms with van der Waals surface area (Å²) in [5, 5.41) is 3.54. The van der Waals surface area contributed by atoms with E-state index < -0.39 is 0 Å². The molecule has 2 nitrogen and oxygen atoms in total. The predicted octanol–water partition coefficient (Wildman–Crippen LogP) is 2.65. The molecule has 1 aliphatic carbocycles. The third-order valence-electron chi connectivity index (χ3n) is 3.19. The van der Waals surface area contributed by atoms with Crippen molar-refractivity contribution in [3.05, 3.63) is 30.1 Å². The first kappa shape index (κ1) is 12.4. The Hall–Kier alpha value is -1.09. The summed E-state index contributed by atoms with van der Waals surface area (Å²) in [5.74, 6) is 0.427. The maximum Gasteiger partial charge on any atom is 0.123 e. The highest BCUT2D eigenvalue weighted by Gasteiger charge is 2.21. The highest BCUT2D eigenvalue weighted by molar-refractivity contribution is 5.45. The Morgan fingerprint density at radius 1 is 1.35 bits per heavy atom. The molecular formula is C14H21FN2. The molecule has 0 radical (unpaired) electrons. The highest BCUT2D eigenvalue weighted by atomic mass is 19.1. The van der Waals surface area contributed by atoms with Crippen LogP contribution >= 0.6 is 0 Å². The molecule has 0 bridgehead atoms. The number of hydrogen-bond donors (Lipinski definition) is 1. The van der Waals surface area contributed by atoms with E-state index in [0.29, 0.717) is 5.92 Å². The van der Waals surface area contributed by atoms with Crippen LogP contribution in [0.4, 0.5) is 10.1 Å². The van der Waals surface area contributed by atoms with Gasteiger partial charge in [-0.15, -0.1) is 0 Å². The van der Waals surface area contributed by atoms with Crippen molar-refractivity contribution in [3.8, 4) is 0 Å². The Bertz CT molecular complexity index is 346. The largest absolute Gasteiger partial charge is 0.374 e. The second kappa shape index (κ2) is 5.50. The molecule has 0 aliphatic heterocycles. The molecule has 17 heavy (non-hydrogen) atoms. The molecule has 1 aromatic carbocycles. The zero-order chi connectivity index (χ0) is 12.3. The van der Waals surface area contributed by atoms with Crippen molar-refractivity contribution in [2.24, 2.45) is 5.92 Å². The number of halogens is 1. The standard InChI is InChI=1S/C14H21FN2/c1-11(9-16-13-5-6-13)10-17(2)14-7-3-12(15)4-8-14/h3-4,7-8,11,13,16H,5-6,9-10H2,1-2H3. The van der Waals surface area contributed by atoms with Gasteiger partial charge in [-0.2, -0.15) is 0 Å². The Morgan fingerprint density at radius 2 is 2.00 bits per heavy atom. The van der Waals surface area contributed by atoms with Crippen LogP contribution in [0.3, 0.4) is 0 Å². The van der Waals surface area contributed by atoms with E-state index in [9.17, 15) is 4.39 Å². The third kappa shape index (κ3) is 4.00. The molecule has 1 saturated carbocycles. The lowest BCUT2D eigenvalue weighted by Gasteiger charge is -2.23. The number of rotatable bonds is 6. The number of nitrogens with one attached hydrogen (secondary N) is 1. The van der Waals surface area contributed by atoms with Crippen LogP contribution in [0.1, 0.15) is 19.8 Å². The number of anilines is 1. The van der Waals surface area contributed by atoms with Gasteiger partial charge in [0, 0.05) is 25.3 Å². The fraction of sp³-hybridized carbons (Fsp3) is 0.571. The van der Waals surface area contributed by atoms with Gasteiger partial charge in [0.25, 0.3) is 0 Å². The van der Waals surface area contributed by atoms with E-state index in [2.05, 4.69) is 24.2 Å². The van der Waals surface area contributed by atoms with E-state index in [0.717, 1.165) is 24.8 Å². The molecule has 0 aromatic heterocycles. The summed E-state index contributed by atoms with van der Waals surface area (Å²) < 4.78 is 12.8. The minimum atomic E-state index is -0.175. The van der Waals surface area contributed by atoms with Gasteiger partial charge in [-0.1, -0.05) is 6.92 Å². The van der Waals surface area contributed by atoms with Crippen molar-refractivity contribution < 1.29 is 4.39 Å². The molecule has 0 heterocycles. The topological polar surface area (TPSA) is 15.3 Å². The summed E-state index contributed by atoms with van der Waals surface area (Å²) >= 11 is 0. The molecule has 1 atom stereocenters. The summed E-state index contributed by atoms with van der Waals surface area (Å²) in [6.07, 6.45) is 2.67. The van der Waals surface area contributed by atoms with Crippen LogP contribution in [0.25, 0.3) is 0 Å². The van der Waals surface area contributed by atoms with E-state index in [1.54, 1.807) is 0 Å². The van der Waals surface area contributed by atoms with Crippen molar-refractivity contribution in [1.82, 2.24) is 5.32 Å². The van der Waals surface area contributed by atoms with E-state index in [-0.39, 0.29) is 5.82 Å². The quantitative estimate of drug-likeness (QED) is 0.817. The molecule has 1 fully saturated rings. The van der Waals surface area contributed by atoms with Crippen LogP contribution < -0.4 is 10.2 Å². The van der Waals surface area contributed by atoms with Crippen molar-refractivity contribution in [2.75, 3.05) is 25.0 Å². The minimum absolute atomic E-state index is 0.175. The van der Waals surface area contributed by atoms with E-state index in [4.69, 9.17) is 0 Å². The summed E-state index contributed by atoms with van der Waals surface area (Å²) in [4.78, 5) is 2.18. The molecule has 1 aromatic rings. The van der Waals surface area contributed by atoms with Gasteiger partial charge in [-0.3, -0.25) is 0 Å². The predicted molar refractivity (Wildman–Crippen MR) is 69.9 cm³/mol. The average molecular weight is 236 g/mol. The molecule has 1 N–H and O–H groups in total. The minimum Gasteiger partial charge on any atom is -0.374 e. The number of nitrogens with zero attached hydrogens (tertiary/aromatic N) is 1. The highest BCUT2D eigenvalue weighted by Crippen LogP contribution is 2.19. The SMILES string of the molecule is CC(CNC1CC1)CN(C)c1ccc(F)cc1. The van der Waals surface area contributed by atoms with Crippen LogP contribution in [0.2, 0.25) is 0 Å². The maximum absolute atomic E-state index is 12.8. The van der Waals surface area contributed by atoms with Crippen molar-refractivity contribution in [2.45, 2.75) is 25.8 Å². The molecule has 1 unspecified atom stereocenters. The van der Waals surface area contributed by atoms with Gasteiger partial charge in [0.1, 0.15) is 5.82 Å². The fourth-order valence-corrected chi connectivity index (χ4v) is 1.99. The smallest absolute Gasteiger partial charge is 0.123 e. The molecular weight excluding hydrogens is 215 g/mol. The zero-order valence-corrected chi connectivity index (χ0v) is 10.6. The maximum atomic E-state index is 12.8. The van der Waals surface area contributed by atoms with E-state index in [1.165, 1.54) is 25.0 Å². The van der Waals surface area contributed by atoms with Gasteiger partial charge < -0.3 is 10.2 Å². The first-order valence-corrected chi connectivity index (χ1v) is 6.35. The normalized spacial score (nSPS) is 16.9. The Balaban J connectivity index is 1.78. The lowest BCUT2D eigenvalue weighted by molar-refractivity contribution is 0.511. The molecule has 0 amide bonds. The van der Waals surface area contributed by atoms with Gasteiger partial charge in [0.05, 0.1) is 0 Å². The van der Waals surface area contributed by atoms with Crippen LogP contribution in [0.5, 0.6) is 0 Å². The van der Waals surface area contributed by atoms with Crippen LogP contribution in [-0.2, 0) is 0 Å². The fourth-order valence-electron chi connectivity index (χ4n) is 1.99. The molecule has 94 valence electrons. The Morgan fingerprint density at radius 3 is 2.59 bits per heavy atom. The van der Waals surface area contributed by atoms with Gasteiger partial charge in [0.15, 0.2) is 0 Å². The van der Waals surface area contributed by atoms with Crippen LogP contribution in [-0.4, -0.2) is 26.2 Å². The second-order valence-electron chi connectivity index (χ2n) is 5.14. The van der Waals surface area contributed by atoms with Gasteiger partial charge >= 0.3 is 0 Å². The van der Waals surface area contributed by atoms with E-state index in [1.807, 2.05) is 12.1 Å². The molecule has 3 heteroatoms. The average Bonchev–Trinajstić information content (AvgIpc) is 3.11. The van der Waals surface area contributed by atoms with E-state index >= 15 is 0 Å². The number of hydrogen-bond acceptors (Lipinski definition) is 2. The Labute approximate surface area is 103 Å². The summed E-state index contributed by atoms with van der Waals surface area (Å²) in [6.45, 7) is 4.30. The molecule has 0 spiro atoms. The third-order valence-corrected chi connectivity index (χ3v) is 3.19. The van der Waals surface area contributed by atoms with Gasteiger partial charge in [-0.25, -0.2) is 4.39 Å². The molecule has 0 saturated heterocycles. The first-order valence-electron chi connectivity index (χ1n) is 6.35.